The van der Waals surface area contributed by atoms with Crippen LogP contribution in [-0.4, -0.2) is 34.1 Å². The van der Waals surface area contributed by atoms with Crippen LogP contribution in [-0.2, 0) is 6.42 Å². The van der Waals surface area contributed by atoms with E-state index in [0.29, 0.717) is 11.5 Å². The number of aromatic nitrogens is 2. The van der Waals surface area contributed by atoms with E-state index in [-0.39, 0.29) is 11.7 Å². The molecule has 1 aliphatic rings. The summed E-state index contributed by atoms with van der Waals surface area (Å²) in [6, 6.07) is 16.5. The topological polar surface area (TPSA) is 49.0 Å². The van der Waals surface area contributed by atoms with Gasteiger partial charge in [-0.2, -0.15) is 5.10 Å². The van der Waals surface area contributed by atoms with Gasteiger partial charge in [-0.1, -0.05) is 30.3 Å². The summed E-state index contributed by atoms with van der Waals surface area (Å²) < 4.78 is 13.8. The molecular weight excluding hydrogens is 353 g/mol. The number of piperidine rings is 1. The van der Waals surface area contributed by atoms with Gasteiger partial charge in [0.25, 0.3) is 5.91 Å². The van der Waals surface area contributed by atoms with Crippen molar-refractivity contribution in [1.82, 2.24) is 15.1 Å². The average molecular weight is 377 g/mol. The Morgan fingerprint density at radius 1 is 1.14 bits per heavy atom. The number of likely N-dealkylation sites (tertiary alicyclic amines) is 1. The normalized spacial score (nSPS) is 16.9. The first-order chi connectivity index (χ1) is 13.7. The molecule has 0 saturated carbocycles. The molecule has 1 saturated heterocycles. The molecule has 0 aliphatic carbocycles. The molecule has 0 spiro atoms. The summed E-state index contributed by atoms with van der Waals surface area (Å²) in [5.41, 5.74) is 3.42. The van der Waals surface area contributed by atoms with Crippen LogP contribution < -0.4 is 0 Å². The van der Waals surface area contributed by atoms with Gasteiger partial charge in [0.05, 0.1) is 5.69 Å². The van der Waals surface area contributed by atoms with Crippen molar-refractivity contribution >= 4 is 5.91 Å². The summed E-state index contributed by atoms with van der Waals surface area (Å²) in [4.78, 5) is 14.9. The van der Waals surface area contributed by atoms with Gasteiger partial charge in [0.15, 0.2) is 0 Å². The Morgan fingerprint density at radius 3 is 2.71 bits per heavy atom. The number of rotatable bonds is 5. The molecule has 1 aliphatic heterocycles. The maximum Gasteiger partial charge on any atom is 0.253 e. The molecule has 144 valence electrons. The highest BCUT2D eigenvalue weighted by atomic mass is 19.1. The first-order valence-corrected chi connectivity index (χ1v) is 9.83. The molecular formula is C23H24FN3O. The van der Waals surface area contributed by atoms with Gasteiger partial charge in [-0.3, -0.25) is 9.89 Å². The van der Waals surface area contributed by atoms with Crippen LogP contribution in [0.15, 0.2) is 60.8 Å². The lowest BCUT2D eigenvalue weighted by Gasteiger charge is -2.33. The third-order valence-corrected chi connectivity index (χ3v) is 5.53. The Kier molecular flexibility index (Phi) is 5.51. The molecule has 2 aromatic carbocycles. The predicted molar refractivity (Wildman–Crippen MR) is 107 cm³/mol. The van der Waals surface area contributed by atoms with E-state index in [1.54, 1.807) is 12.3 Å². The summed E-state index contributed by atoms with van der Waals surface area (Å²) in [5.74, 6) is 0.358. The second-order valence-electron chi connectivity index (χ2n) is 7.44. The molecule has 3 aromatic rings. The van der Waals surface area contributed by atoms with Gasteiger partial charge in [0, 0.05) is 24.8 Å². The van der Waals surface area contributed by atoms with E-state index in [1.165, 1.54) is 6.07 Å². The molecule has 28 heavy (non-hydrogen) atoms. The molecule has 0 bridgehead atoms. The minimum absolute atomic E-state index is 0.0757. The number of hydrogen-bond acceptors (Lipinski definition) is 2. The minimum Gasteiger partial charge on any atom is -0.338 e. The lowest BCUT2D eigenvalue weighted by molar-refractivity contribution is 0.0668. The van der Waals surface area contributed by atoms with Crippen LogP contribution in [0.1, 0.15) is 35.2 Å². The lowest BCUT2D eigenvalue weighted by atomic mass is 9.91. The number of nitrogens with zero attached hydrogens (tertiary/aromatic N) is 2. The first kappa shape index (κ1) is 18.4. The Labute approximate surface area is 164 Å². The highest BCUT2D eigenvalue weighted by Crippen LogP contribution is 2.24. The SMILES string of the molecule is O=C(c1ccc(-c2ccn[nH]2)cc1)N1CCC[C@H](CCc2ccccc2F)C1. The molecule has 4 rings (SSSR count). The van der Waals surface area contributed by atoms with E-state index in [0.717, 1.165) is 55.6 Å². The van der Waals surface area contributed by atoms with Crippen molar-refractivity contribution in [2.75, 3.05) is 13.1 Å². The van der Waals surface area contributed by atoms with Gasteiger partial charge < -0.3 is 4.90 Å². The molecule has 1 amide bonds. The number of carbonyl (C=O) groups excluding carboxylic acids is 1. The fourth-order valence-corrected chi connectivity index (χ4v) is 3.94. The lowest BCUT2D eigenvalue weighted by Crippen LogP contribution is -2.40. The maximum atomic E-state index is 13.8. The van der Waals surface area contributed by atoms with Crippen molar-refractivity contribution in [2.24, 2.45) is 5.92 Å². The standard InChI is InChI=1S/C23H24FN3O/c24-21-6-2-1-5-18(21)8-7-17-4-3-15-27(16-17)23(28)20-11-9-19(10-12-20)22-13-14-25-26-22/h1-2,5-6,9-14,17H,3-4,7-8,15-16H2,(H,25,26)/t17-/m1/s1. The second kappa shape index (κ2) is 8.38. The van der Waals surface area contributed by atoms with Crippen LogP contribution in [0, 0.1) is 11.7 Å². The van der Waals surface area contributed by atoms with Crippen LogP contribution in [0.4, 0.5) is 4.39 Å². The molecule has 1 fully saturated rings. The van der Waals surface area contributed by atoms with Crippen LogP contribution in [0.25, 0.3) is 11.3 Å². The molecule has 4 nitrogen and oxygen atoms in total. The first-order valence-electron chi connectivity index (χ1n) is 9.83. The Balaban J connectivity index is 1.37. The van der Waals surface area contributed by atoms with E-state index in [4.69, 9.17) is 0 Å². The highest BCUT2D eigenvalue weighted by Gasteiger charge is 2.24. The number of halogens is 1. The van der Waals surface area contributed by atoms with E-state index >= 15 is 0 Å². The van der Waals surface area contributed by atoms with Gasteiger partial charge in [-0.25, -0.2) is 4.39 Å². The average Bonchev–Trinajstić information content (AvgIpc) is 3.28. The highest BCUT2D eigenvalue weighted by molar-refractivity contribution is 5.94. The van der Waals surface area contributed by atoms with E-state index in [1.807, 2.05) is 47.4 Å². The number of nitrogens with one attached hydrogen (secondary N) is 1. The van der Waals surface area contributed by atoms with Gasteiger partial charge >= 0.3 is 0 Å². The second-order valence-corrected chi connectivity index (χ2v) is 7.44. The van der Waals surface area contributed by atoms with Gasteiger partial charge in [0.1, 0.15) is 5.82 Å². The number of amides is 1. The van der Waals surface area contributed by atoms with Crippen LogP contribution in [0.2, 0.25) is 0 Å². The zero-order valence-electron chi connectivity index (χ0n) is 15.8. The summed E-state index contributed by atoms with van der Waals surface area (Å²) in [7, 11) is 0. The van der Waals surface area contributed by atoms with Gasteiger partial charge in [-0.15, -0.1) is 0 Å². The number of aryl methyl sites for hydroxylation is 1. The summed E-state index contributed by atoms with van der Waals surface area (Å²) in [5, 5.41) is 6.89. The summed E-state index contributed by atoms with van der Waals surface area (Å²) in [6.07, 6.45) is 5.43. The minimum atomic E-state index is -0.136. The Morgan fingerprint density at radius 2 is 1.96 bits per heavy atom. The van der Waals surface area contributed by atoms with E-state index in [2.05, 4.69) is 10.2 Å². The quantitative estimate of drug-likeness (QED) is 0.701. The summed E-state index contributed by atoms with van der Waals surface area (Å²) in [6.45, 7) is 1.53. The number of aromatic amines is 1. The summed E-state index contributed by atoms with van der Waals surface area (Å²) >= 11 is 0. The molecule has 0 unspecified atom stereocenters. The molecule has 1 atom stereocenters. The monoisotopic (exact) mass is 377 g/mol. The Bertz CT molecular complexity index is 921. The van der Waals surface area contributed by atoms with Gasteiger partial charge in [-0.05, 0) is 67.0 Å². The van der Waals surface area contributed by atoms with Crippen molar-refractivity contribution in [2.45, 2.75) is 25.7 Å². The largest absolute Gasteiger partial charge is 0.338 e. The van der Waals surface area contributed by atoms with Crippen LogP contribution in [0.3, 0.4) is 0 Å². The van der Waals surface area contributed by atoms with Crippen molar-refractivity contribution in [3.63, 3.8) is 0 Å². The Hall–Kier alpha value is -2.95. The number of carbonyl (C=O) groups is 1. The van der Waals surface area contributed by atoms with Crippen molar-refractivity contribution < 1.29 is 9.18 Å². The fourth-order valence-electron chi connectivity index (χ4n) is 3.94. The number of hydrogen-bond donors (Lipinski definition) is 1. The third-order valence-electron chi connectivity index (χ3n) is 5.53. The zero-order valence-corrected chi connectivity index (χ0v) is 15.8. The fraction of sp³-hybridized carbons (Fsp3) is 0.304. The van der Waals surface area contributed by atoms with Crippen molar-refractivity contribution in [3.05, 3.63) is 77.7 Å². The molecule has 0 radical (unpaired) electrons. The van der Waals surface area contributed by atoms with E-state index < -0.39 is 0 Å². The van der Waals surface area contributed by atoms with Crippen molar-refractivity contribution in [3.8, 4) is 11.3 Å². The smallest absolute Gasteiger partial charge is 0.253 e. The zero-order chi connectivity index (χ0) is 19.3. The maximum absolute atomic E-state index is 13.8. The molecule has 1 aromatic heterocycles. The van der Waals surface area contributed by atoms with Gasteiger partial charge in [0.2, 0.25) is 0 Å². The third kappa shape index (κ3) is 4.14. The molecule has 2 heterocycles. The molecule has 1 N–H and O–H groups in total. The molecule has 5 heteroatoms. The number of H-pyrrole nitrogens is 1. The van der Waals surface area contributed by atoms with Crippen LogP contribution in [0.5, 0.6) is 0 Å². The number of benzene rings is 2. The van der Waals surface area contributed by atoms with Crippen LogP contribution >= 0.6 is 0 Å². The predicted octanol–water partition coefficient (Wildman–Crippen LogP) is 4.70. The van der Waals surface area contributed by atoms with Crippen molar-refractivity contribution in [1.29, 1.82) is 0 Å². The van der Waals surface area contributed by atoms with E-state index in [9.17, 15) is 9.18 Å².